The first-order valence-corrected chi connectivity index (χ1v) is 10.3. The van der Waals surface area contributed by atoms with E-state index in [0.29, 0.717) is 21.3 Å². The van der Waals surface area contributed by atoms with E-state index in [1.54, 1.807) is 42.5 Å². The van der Waals surface area contributed by atoms with Gasteiger partial charge in [-0.2, -0.15) is 0 Å². The summed E-state index contributed by atoms with van der Waals surface area (Å²) in [5.41, 5.74) is 1.76. The van der Waals surface area contributed by atoms with Crippen LogP contribution in [0.4, 0.5) is 11.4 Å². The molecule has 0 aliphatic rings. The molecule has 0 bridgehead atoms. The van der Waals surface area contributed by atoms with Gasteiger partial charge in [0.05, 0.1) is 15.5 Å². The van der Waals surface area contributed by atoms with Gasteiger partial charge in [0.15, 0.2) is 0 Å². The van der Waals surface area contributed by atoms with E-state index in [9.17, 15) is 13.2 Å². The van der Waals surface area contributed by atoms with Crippen molar-refractivity contribution in [1.29, 1.82) is 0 Å². The molecule has 0 radical (unpaired) electrons. The quantitative estimate of drug-likeness (QED) is 0.641. The number of nitrogens with one attached hydrogen (secondary N) is 2. The van der Waals surface area contributed by atoms with Gasteiger partial charge in [0, 0.05) is 10.7 Å². The van der Waals surface area contributed by atoms with Crippen molar-refractivity contribution >= 4 is 50.2 Å². The first-order chi connectivity index (χ1) is 12.3. The zero-order valence-corrected chi connectivity index (χ0v) is 16.1. The SMILES string of the molecule is Cc1ccc(NS(=O)(=O)c2ccc(NC(=O)c3cccs3)cc2)cc1Cl. The molecule has 1 amide bonds. The highest BCUT2D eigenvalue weighted by atomic mass is 35.5. The standard InChI is InChI=1S/C18H15ClN2O3S2/c1-12-4-5-14(11-16(12)19)21-26(23,24)15-8-6-13(7-9-15)20-18(22)17-3-2-10-25-17/h2-11,21H,1H3,(H,20,22). The van der Waals surface area contributed by atoms with E-state index in [1.165, 1.54) is 23.5 Å². The lowest BCUT2D eigenvalue weighted by Gasteiger charge is -2.10. The highest BCUT2D eigenvalue weighted by Crippen LogP contribution is 2.23. The third-order valence-electron chi connectivity index (χ3n) is 3.59. The molecular weight excluding hydrogens is 392 g/mol. The zero-order valence-electron chi connectivity index (χ0n) is 13.7. The zero-order chi connectivity index (χ0) is 18.7. The van der Waals surface area contributed by atoms with Crippen LogP contribution in [0.25, 0.3) is 0 Å². The van der Waals surface area contributed by atoms with Crippen LogP contribution in [0.3, 0.4) is 0 Å². The first-order valence-electron chi connectivity index (χ1n) is 7.59. The fraction of sp³-hybridized carbons (Fsp3) is 0.0556. The van der Waals surface area contributed by atoms with Crippen molar-refractivity contribution in [3.63, 3.8) is 0 Å². The van der Waals surface area contributed by atoms with E-state index in [4.69, 9.17) is 11.6 Å². The Kier molecular flexibility index (Phi) is 5.31. The lowest BCUT2D eigenvalue weighted by atomic mass is 10.2. The van der Waals surface area contributed by atoms with Crippen molar-refractivity contribution in [2.75, 3.05) is 10.0 Å². The molecule has 0 aliphatic carbocycles. The number of amides is 1. The fourth-order valence-corrected chi connectivity index (χ4v) is 4.04. The topological polar surface area (TPSA) is 75.3 Å². The number of aryl methyl sites for hydroxylation is 1. The highest BCUT2D eigenvalue weighted by Gasteiger charge is 2.15. The lowest BCUT2D eigenvalue weighted by Crippen LogP contribution is -2.13. The number of carbonyl (C=O) groups excluding carboxylic acids is 1. The van der Waals surface area contributed by atoms with E-state index >= 15 is 0 Å². The van der Waals surface area contributed by atoms with Crippen LogP contribution in [0, 0.1) is 6.92 Å². The molecule has 1 heterocycles. The normalized spacial score (nSPS) is 11.2. The molecule has 134 valence electrons. The Morgan fingerprint density at radius 2 is 1.73 bits per heavy atom. The maximum absolute atomic E-state index is 12.5. The molecule has 2 aromatic carbocycles. The molecule has 0 spiro atoms. The molecule has 26 heavy (non-hydrogen) atoms. The maximum atomic E-state index is 12.5. The van der Waals surface area contributed by atoms with Crippen LogP contribution in [0.1, 0.15) is 15.2 Å². The molecule has 0 saturated carbocycles. The Labute approximate surface area is 160 Å². The minimum atomic E-state index is -3.75. The average Bonchev–Trinajstić information content (AvgIpc) is 3.13. The van der Waals surface area contributed by atoms with Gasteiger partial charge in [0.1, 0.15) is 0 Å². The van der Waals surface area contributed by atoms with Crippen LogP contribution < -0.4 is 10.0 Å². The van der Waals surface area contributed by atoms with E-state index in [0.717, 1.165) is 5.56 Å². The molecule has 1 aromatic heterocycles. The van der Waals surface area contributed by atoms with Crippen LogP contribution in [-0.4, -0.2) is 14.3 Å². The molecule has 2 N–H and O–H groups in total. The number of halogens is 1. The number of anilines is 2. The van der Waals surface area contributed by atoms with Crippen molar-refractivity contribution in [3.05, 3.63) is 75.4 Å². The minimum Gasteiger partial charge on any atom is -0.321 e. The predicted octanol–water partition coefficient (Wildman–Crippen LogP) is 4.76. The summed E-state index contributed by atoms with van der Waals surface area (Å²) in [6, 6.07) is 14.4. The summed E-state index contributed by atoms with van der Waals surface area (Å²) in [7, 11) is -3.75. The minimum absolute atomic E-state index is 0.0864. The smallest absolute Gasteiger partial charge is 0.265 e. The largest absolute Gasteiger partial charge is 0.321 e. The Morgan fingerprint density at radius 3 is 2.35 bits per heavy atom. The van der Waals surface area contributed by atoms with E-state index in [-0.39, 0.29) is 10.8 Å². The number of thiophene rings is 1. The number of hydrogen-bond donors (Lipinski definition) is 2. The van der Waals surface area contributed by atoms with Crippen LogP contribution in [0.5, 0.6) is 0 Å². The molecule has 3 rings (SSSR count). The molecular formula is C18H15ClN2O3S2. The maximum Gasteiger partial charge on any atom is 0.265 e. The second kappa shape index (κ2) is 7.49. The van der Waals surface area contributed by atoms with Crippen LogP contribution in [0.15, 0.2) is 64.9 Å². The van der Waals surface area contributed by atoms with Gasteiger partial charge in [-0.05, 0) is 60.3 Å². The van der Waals surface area contributed by atoms with Gasteiger partial charge in [-0.1, -0.05) is 23.7 Å². The first kappa shape index (κ1) is 18.4. The van der Waals surface area contributed by atoms with Gasteiger partial charge >= 0.3 is 0 Å². The van der Waals surface area contributed by atoms with Gasteiger partial charge in [0.25, 0.3) is 15.9 Å². The summed E-state index contributed by atoms with van der Waals surface area (Å²) < 4.78 is 27.4. The summed E-state index contributed by atoms with van der Waals surface area (Å²) >= 11 is 7.36. The Bertz CT molecular complexity index is 1030. The molecule has 0 aliphatic heterocycles. The number of hydrogen-bond acceptors (Lipinski definition) is 4. The lowest BCUT2D eigenvalue weighted by molar-refractivity contribution is 0.103. The van der Waals surface area contributed by atoms with Crippen molar-refractivity contribution in [2.24, 2.45) is 0 Å². The second-order valence-electron chi connectivity index (χ2n) is 5.53. The van der Waals surface area contributed by atoms with E-state index < -0.39 is 10.0 Å². The van der Waals surface area contributed by atoms with Crippen LogP contribution in [-0.2, 0) is 10.0 Å². The van der Waals surface area contributed by atoms with Gasteiger partial charge in [-0.15, -0.1) is 11.3 Å². The number of sulfonamides is 1. The third kappa shape index (κ3) is 4.24. The summed E-state index contributed by atoms with van der Waals surface area (Å²) in [6.45, 7) is 1.84. The third-order valence-corrected chi connectivity index (χ3v) is 6.26. The van der Waals surface area contributed by atoms with E-state index in [1.807, 2.05) is 12.3 Å². The molecule has 0 saturated heterocycles. The highest BCUT2D eigenvalue weighted by molar-refractivity contribution is 7.92. The molecule has 5 nitrogen and oxygen atoms in total. The fourth-order valence-electron chi connectivity index (χ4n) is 2.19. The van der Waals surface area contributed by atoms with E-state index in [2.05, 4.69) is 10.0 Å². The Morgan fingerprint density at radius 1 is 1.04 bits per heavy atom. The number of rotatable bonds is 5. The second-order valence-corrected chi connectivity index (χ2v) is 8.56. The molecule has 3 aromatic rings. The Hall–Kier alpha value is -2.35. The summed E-state index contributed by atoms with van der Waals surface area (Å²) in [5.74, 6) is -0.233. The van der Waals surface area contributed by atoms with Gasteiger partial charge in [-0.3, -0.25) is 9.52 Å². The van der Waals surface area contributed by atoms with Gasteiger partial charge < -0.3 is 5.32 Å². The van der Waals surface area contributed by atoms with Crippen LogP contribution in [0.2, 0.25) is 5.02 Å². The van der Waals surface area contributed by atoms with Crippen molar-refractivity contribution in [2.45, 2.75) is 11.8 Å². The van der Waals surface area contributed by atoms with Crippen molar-refractivity contribution < 1.29 is 13.2 Å². The summed E-state index contributed by atoms with van der Waals surface area (Å²) in [5, 5.41) is 5.02. The molecule has 8 heteroatoms. The monoisotopic (exact) mass is 406 g/mol. The predicted molar refractivity (Wildman–Crippen MR) is 106 cm³/mol. The van der Waals surface area contributed by atoms with Gasteiger partial charge in [-0.25, -0.2) is 8.42 Å². The average molecular weight is 407 g/mol. The van der Waals surface area contributed by atoms with Crippen molar-refractivity contribution in [3.8, 4) is 0 Å². The molecule has 0 fully saturated rings. The Balaban J connectivity index is 1.74. The molecule has 0 atom stereocenters. The number of benzene rings is 2. The molecule has 0 unspecified atom stereocenters. The van der Waals surface area contributed by atoms with Crippen molar-refractivity contribution in [1.82, 2.24) is 0 Å². The summed E-state index contributed by atoms with van der Waals surface area (Å²) in [4.78, 5) is 12.7. The van der Waals surface area contributed by atoms with Crippen LogP contribution >= 0.6 is 22.9 Å². The summed E-state index contributed by atoms with van der Waals surface area (Å²) in [6.07, 6.45) is 0. The van der Waals surface area contributed by atoms with Gasteiger partial charge in [0.2, 0.25) is 0 Å². The number of carbonyl (C=O) groups is 1.